The number of hydrogen-bond donors (Lipinski definition) is 2. The van der Waals surface area contributed by atoms with Crippen molar-refractivity contribution in [2.24, 2.45) is 7.05 Å². The van der Waals surface area contributed by atoms with Crippen LogP contribution in [0, 0.1) is 0 Å². The van der Waals surface area contributed by atoms with Gasteiger partial charge in [-0.05, 0) is 24.6 Å². The lowest BCUT2D eigenvalue weighted by molar-refractivity contribution is 0.611. The van der Waals surface area contributed by atoms with Crippen LogP contribution in [0.4, 0.5) is 5.82 Å². The van der Waals surface area contributed by atoms with Gasteiger partial charge >= 0.3 is 0 Å². The van der Waals surface area contributed by atoms with Gasteiger partial charge in [-0.15, -0.1) is 0 Å². The summed E-state index contributed by atoms with van der Waals surface area (Å²) in [5.41, 5.74) is 0.907. The molecule has 0 aliphatic rings. The third kappa shape index (κ3) is 2.39. The molecule has 0 fully saturated rings. The number of nitrogens with one attached hydrogen (secondary N) is 2. The summed E-state index contributed by atoms with van der Waals surface area (Å²) < 4.78 is 2.06. The highest BCUT2D eigenvalue weighted by atomic mass is 15.1. The standard InChI is InChI=1S/C15H19N5/c1-3-4-12(15-17-9-10-20(15)2)18-13-6-5-11-7-8-16-14(11)19-13/h5-10,12H,3-4H2,1-2H3,(H2,16,18,19)/t12-/m1/s1. The summed E-state index contributed by atoms with van der Waals surface area (Å²) in [6.45, 7) is 2.18. The number of imidazole rings is 1. The first-order valence-corrected chi connectivity index (χ1v) is 6.96. The van der Waals surface area contributed by atoms with Gasteiger partial charge < -0.3 is 14.9 Å². The first kappa shape index (κ1) is 12.7. The van der Waals surface area contributed by atoms with Gasteiger partial charge in [-0.2, -0.15) is 0 Å². The van der Waals surface area contributed by atoms with Crippen LogP contribution in [0.5, 0.6) is 0 Å². The SMILES string of the molecule is CCC[C@@H](Nc1ccc2cc[nH]c2n1)c1nccn1C. The second-order valence-corrected chi connectivity index (χ2v) is 4.99. The van der Waals surface area contributed by atoms with E-state index >= 15 is 0 Å². The Kier molecular flexibility index (Phi) is 3.41. The van der Waals surface area contributed by atoms with Crippen molar-refractivity contribution in [1.82, 2.24) is 19.5 Å². The van der Waals surface area contributed by atoms with Gasteiger partial charge in [-0.25, -0.2) is 9.97 Å². The van der Waals surface area contributed by atoms with Gasteiger partial charge in [0, 0.05) is 31.0 Å². The number of aryl methyl sites for hydroxylation is 1. The topological polar surface area (TPSA) is 58.5 Å². The molecule has 20 heavy (non-hydrogen) atoms. The van der Waals surface area contributed by atoms with E-state index in [1.165, 1.54) is 0 Å². The highest BCUT2D eigenvalue weighted by molar-refractivity contribution is 5.77. The van der Waals surface area contributed by atoms with Crippen molar-refractivity contribution in [1.29, 1.82) is 0 Å². The first-order chi connectivity index (χ1) is 9.78. The van der Waals surface area contributed by atoms with E-state index in [1.807, 2.05) is 37.8 Å². The Labute approximate surface area is 118 Å². The molecule has 0 aliphatic carbocycles. The van der Waals surface area contributed by atoms with Gasteiger partial charge in [0.2, 0.25) is 0 Å². The minimum Gasteiger partial charge on any atom is -0.360 e. The highest BCUT2D eigenvalue weighted by Gasteiger charge is 2.15. The van der Waals surface area contributed by atoms with Crippen LogP contribution in [0.1, 0.15) is 31.6 Å². The molecule has 1 atom stereocenters. The summed E-state index contributed by atoms with van der Waals surface area (Å²) >= 11 is 0. The molecule has 5 heteroatoms. The van der Waals surface area contributed by atoms with Crippen LogP contribution in [-0.2, 0) is 7.05 Å². The van der Waals surface area contributed by atoms with Gasteiger partial charge in [-0.3, -0.25) is 0 Å². The lowest BCUT2D eigenvalue weighted by atomic mass is 10.1. The second kappa shape index (κ2) is 5.36. The fraction of sp³-hybridized carbons (Fsp3) is 0.333. The number of H-pyrrole nitrogens is 1. The Morgan fingerprint density at radius 1 is 1.35 bits per heavy atom. The molecule has 2 N–H and O–H groups in total. The van der Waals surface area contributed by atoms with E-state index < -0.39 is 0 Å². The van der Waals surface area contributed by atoms with Gasteiger partial charge in [0.25, 0.3) is 0 Å². The fourth-order valence-corrected chi connectivity index (χ4v) is 2.46. The Morgan fingerprint density at radius 2 is 2.25 bits per heavy atom. The Morgan fingerprint density at radius 3 is 3.00 bits per heavy atom. The summed E-state index contributed by atoms with van der Waals surface area (Å²) in [4.78, 5) is 12.2. The molecule has 104 valence electrons. The molecule has 0 saturated carbocycles. The first-order valence-electron chi connectivity index (χ1n) is 6.96. The summed E-state index contributed by atoms with van der Waals surface area (Å²) in [7, 11) is 2.02. The molecular weight excluding hydrogens is 250 g/mol. The van der Waals surface area contributed by atoms with E-state index in [2.05, 4.69) is 37.8 Å². The van der Waals surface area contributed by atoms with Crippen LogP contribution in [-0.4, -0.2) is 19.5 Å². The molecule has 3 aromatic heterocycles. The third-order valence-corrected chi connectivity index (χ3v) is 3.48. The maximum Gasteiger partial charge on any atom is 0.139 e. The molecule has 0 aliphatic heterocycles. The van der Waals surface area contributed by atoms with Crippen molar-refractivity contribution >= 4 is 16.9 Å². The Balaban J connectivity index is 1.87. The molecule has 3 aromatic rings. The van der Waals surface area contributed by atoms with Crippen molar-refractivity contribution in [3.8, 4) is 0 Å². The third-order valence-electron chi connectivity index (χ3n) is 3.48. The summed E-state index contributed by atoms with van der Waals surface area (Å²) in [5, 5.41) is 4.62. The maximum absolute atomic E-state index is 4.59. The van der Waals surface area contributed by atoms with Crippen molar-refractivity contribution in [3.63, 3.8) is 0 Å². The predicted molar refractivity (Wildman–Crippen MR) is 80.6 cm³/mol. The number of rotatable bonds is 5. The van der Waals surface area contributed by atoms with Crippen molar-refractivity contribution in [3.05, 3.63) is 42.6 Å². The van der Waals surface area contributed by atoms with E-state index in [9.17, 15) is 0 Å². The number of hydrogen-bond acceptors (Lipinski definition) is 3. The average molecular weight is 269 g/mol. The zero-order valence-corrected chi connectivity index (χ0v) is 11.8. The van der Waals surface area contributed by atoms with Gasteiger partial charge in [0.15, 0.2) is 0 Å². The summed E-state index contributed by atoms with van der Waals surface area (Å²) in [6, 6.07) is 6.29. The van der Waals surface area contributed by atoms with Crippen LogP contribution in [0.2, 0.25) is 0 Å². The summed E-state index contributed by atoms with van der Waals surface area (Å²) in [6.07, 6.45) is 7.83. The quantitative estimate of drug-likeness (QED) is 0.747. The molecule has 0 amide bonds. The Bertz CT molecular complexity index is 697. The molecule has 0 aromatic carbocycles. The monoisotopic (exact) mass is 269 g/mol. The molecule has 0 spiro atoms. The molecule has 3 heterocycles. The lowest BCUT2D eigenvalue weighted by Gasteiger charge is -2.18. The molecule has 3 rings (SSSR count). The van der Waals surface area contributed by atoms with Gasteiger partial charge in [-0.1, -0.05) is 13.3 Å². The normalized spacial score (nSPS) is 12.7. The molecule has 0 unspecified atom stereocenters. The van der Waals surface area contributed by atoms with Crippen LogP contribution < -0.4 is 5.32 Å². The molecule has 0 bridgehead atoms. The number of aromatic nitrogens is 4. The molecular formula is C15H19N5. The fourth-order valence-electron chi connectivity index (χ4n) is 2.46. The van der Waals surface area contributed by atoms with Crippen molar-refractivity contribution in [2.45, 2.75) is 25.8 Å². The lowest BCUT2D eigenvalue weighted by Crippen LogP contribution is -2.15. The smallest absolute Gasteiger partial charge is 0.139 e. The van der Waals surface area contributed by atoms with Gasteiger partial charge in [0.05, 0.1) is 6.04 Å². The predicted octanol–water partition coefficient (Wildman–Crippen LogP) is 3.25. The largest absolute Gasteiger partial charge is 0.360 e. The second-order valence-electron chi connectivity index (χ2n) is 4.99. The van der Waals surface area contributed by atoms with E-state index in [0.717, 1.165) is 35.5 Å². The number of anilines is 1. The van der Waals surface area contributed by atoms with E-state index in [0.29, 0.717) is 0 Å². The van der Waals surface area contributed by atoms with Crippen LogP contribution >= 0.6 is 0 Å². The number of aromatic amines is 1. The maximum atomic E-state index is 4.59. The zero-order chi connectivity index (χ0) is 13.9. The van der Waals surface area contributed by atoms with E-state index in [4.69, 9.17) is 0 Å². The van der Waals surface area contributed by atoms with Crippen LogP contribution in [0.25, 0.3) is 11.0 Å². The summed E-state index contributed by atoms with van der Waals surface area (Å²) in [5.74, 6) is 1.92. The minimum absolute atomic E-state index is 0.180. The average Bonchev–Trinajstić information content (AvgIpc) is 3.06. The molecule has 0 radical (unpaired) electrons. The van der Waals surface area contributed by atoms with E-state index in [1.54, 1.807) is 0 Å². The van der Waals surface area contributed by atoms with Crippen molar-refractivity contribution in [2.75, 3.05) is 5.32 Å². The minimum atomic E-state index is 0.180. The van der Waals surface area contributed by atoms with Crippen LogP contribution in [0.15, 0.2) is 36.8 Å². The highest BCUT2D eigenvalue weighted by Crippen LogP contribution is 2.22. The van der Waals surface area contributed by atoms with E-state index in [-0.39, 0.29) is 6.04 Å². The number of nitrogens with zero attached hydrogens (tertiary/aromatic N) is 3. The van der Waals surface area contributed by atoms with Crippen molar-refractivity contribution < 1.29 is 0 Å². The Hall–Kier alpha value is -2.30. The number of pyridine rings is 1. The molecule has 0 saturated heterocycles. The van der Waals surface area contributed by atoms with Crippen LogP contribution in [0.3, 0.4) is 0 Å². The number of fused-ring (bicyclic) bond motifs is 1. The molecule has 5 nitrogen and oxygen atoms in total. The van der Waals surface area contributed by atoms with Gasteiger partial charge in [0.1, 0.15) is 17.3 Å². The zero-order valence-electron chi connectivity index (χ0n) is 11.8.